The summed E-state index contributed by atoms with van der Waals surface area (Å²) in [5, 5.41) is 0. The maximum atomic E-state index is 13.1. The average Bonchev–Trinajstić information content (AvgIpc) is 3.07. The number of hydrogen-bond donors (Lipinski definition) is 0. The highest BCUT2D eigenvalue weighted by molar-refractivity contribution is 5.96. The molecule has 5 nitrogen and oxygen atoms in total. The lowest BCUT2D eigenvalue weighted by Gasteiger charge is -2.30. The molecule has 0 N–H and O–H groups in total. The van der Waals surface area contributed by atoms with Crippen LogP contribution in [0.5, 0.6) is 0 Å². The predicted octanol–water partition coefficient (Wildman–Crippen LogP) is 3.70. The van der Waals surface area contributed by atoms with Crippen molar-refractivity contribution >= 4 is 11.8 Å². The van der Waals surface area contributed by atoms with E-state index >= 15 is 0 Å². The summed E-state index contributed by atoms with van der Waals surface area (Å²) >= 11 is 0. The minimum absolute atomic E-state index is 0.0115. The Kier molecular flexibility index (Phi) is 7.65. The second kappa shape index (κ2) is 9.95. The summed E-state index contributed by atoms with van der Waals surface area (Å²) in [5.74, 6) is -0.115. The third-order valence-corrected chi connectivity index (χ3v) is 4.75. The first-order chi connectivity index (χ1) is 12.9. The molecule has 0 radical (unpaired) electrons. The molecule has 0 aliphatic rings. The van der Waals surface area contributed by atoms with Crippen molar-refractivity contribution < 1.29 is 9.59 Å². The van der Waals surface area contributed by atoms with Gasteiger partial charge in [0.05, 0.1) is 6.54 Å². The third kappa shape index (κ3) is 5.71. The lowest BCUT2D eigenvalue weighted by molar-refractivity contribution is -0.133. The Hall–Kier alpha value is -2.56. The number of unbranched alkanes of at least 4 members (excludes halogenated alkanes) is 1. The van der Waals surface area contributed by atoms with Crippen LogP contribution in [0, 0.1) is 0 Å². The standard InChI is InChI=1S/C22H31N3O2/c1-5-6-15-24(16-20-13-10-14-23(20)4)21(26)17-25(18(2)3)22(27)19-11-8-7-9-12-19/h7-14,18H,5-6,15-17H2,1-4H3. The Balaban J connectivity index is 2.14. The monoisotopic (exact) mass is 369 g/mol. The van der Waals surface area contributed by atoms with E-state index in [9.17, 15) is 9.59 Å². The Morgan fingerprint density at radius 1 is 1.07 bits per heavy atom. The van der Waals surface area contributed by atoms with E-state index < -0.39 is 0 Å². The number of amides is 2. The van der Waals surface area contributed by atoms with Crippen molar-refractivity contribution in [1.29, 1.82) is 0 Å². The molecule has 0 atom stereocenters. The number of rotatable bonds is 9. The molecule has 1 aromatic heterocycles. The van der Waals surface area contributed by atoms with Crippen molar-refractivity contribution in [2.24, 2.45) is 7.05 Å². The van der Waals surface area contributed by atoms with E-state index in [1.807, 2.05) is 66.9 Å². The molecule has 0 aliphatic carbocycles. The Labute approximate surface area is 162 Å². The van der Waals surface area contributed by atoms with Crippen molar-refractivity contribution in [1.82, 2.24) is 14.4 Å². The minimum atomic E-state index is -0.103. The van der Waals surface area contributed by atoms with E-state index in [1.54, 1.807) is 17.0 Å². The topological polar surface area (TPSA) is 45.6 Å². The number of carbonyl (C=O) groups is 2. The van der Waals surface area contributed by atoms with Gasteiger partial charge in [-0.1, -0.05) is 31.5 Å². The van der Waals surface area contributed by atoms with Gasteiger partial charge in [0.1, 0.15) is 6.54 Å². The normalized spacial score (nSPS) is 10.9. The van der Waals surface area contributed by atoms with Crippen molar-refractivity contribution in [3.05, 3.63) is 59.9 Å². The molecule has 2 aromatic rings. The summed E-state index contributed by atoms with van der Waals surface area (Å²) in [6, 6.07) is 13.1. The number of aromatic nitrogens is 1. The van der Waals surface area contributed by atoms with E-state index in [0.717, 1.165) is 18.5 Å². The van der Waals surface area contributed by atoms with Crippen molar-refractivity contribution in [2.45, 2.75) is 46.2 Å². The fourth-order valence-electron chi connectivity index (χ4n) is 2.98. The van der Waals surface area contributed by atoms with E-state index in [1.165, 1.54) is 0 Å². The number of hydrogen-bond acceptors (Lipinski definition) is 2. The largest absolute Gasteiger partial charge is 0.353 e. The molecule has 2 amide bonds. The molecular formula is C22H31N3O2. The molecular weight excluding hydrogens is 338 g/mol. The van der Waals surface area contributed by atoms with Crippen LogP contribution in [0.3, 0.4) is 0 Å². The second-order valence-electron chi connectivity index (χ2n) is 7.17. The molecule has 1 heterocycles. The molecule has 0 bridgehead atoms. The van der Waals surface area contributed by atoms with Crippen LogP contribution in [-0.2, 0) is 18.4 Å². The van der Waals surface area contributed by atoms with Gasteiger partial charge in [0, 0.05) is 37.1 Å². The van der Waals surface area contributed by atoms with Gasteiger partial charge in [-0.15, -0.1) is 0 Å². The summed E-state index contributed by atoms with van der Waals surface area (Å²) < 4.78 is 2.03. The lowest BCUT2D eigenvalue weighted by atomic mass is 10.1. The van der Waals surface area contributed by atoms with Crippen LogP contribution in [0.2, 0.25) is 0 Å². The van der Waals surface area contributed by atoms with Crippen LogP contribution in [-0.4, -0.2) is 45.3 Å². The van der Waals surface area contributed by atoms with Crippen LogP contribution in [0.4, 0.5) is 0 Å². The van der Waals surface area contributed by atoms with Gasteiger partial charge in [0.15, 0.2) is 0 Å². The fraction of sp³-hybridized carbons (Fsp3) is 0.455. The number of carbonyl (C=O) groups excluding carboxylic acids is 2. The first-order valence-corrected chi connectivity index (χ1v) is 9.68. The van der Waals surface area contributed by atoms with E-state index in [0.29, 0.717) is 18.7 Å². The van der Waals surface area contributed by atoms with Crippen LogP contribution in [0.1, 0.15) is 49.7 Å². The van der Waals surface area contributed by atoms with Crippen molar-refractivity contribution in [3.63, 3.8) is 0 Å². The summed E-state index contributed by atoms with van der Waals surface area (Å²) in [7, 11) is 1.98. The fourth-order valence-corrected chi connectivity index (χ4v) is 2.98. The first-order valence-electron chi connectivity index (χ1n) is 9.68. The van der Waals surface area contributed by atoms with E-state index in [2.05, 4.69) is 6.92 Å². The van der Waals surface area contributed by atoms with Crippen molar-refractivity contribution in [2.75, 3.05) is 13.1 Å². The predicted molar refractivity (Wildman–Crippen MR) is 108 cm³/mol. The molecule has 2 rings (SSSR count). The van der Waals surface area contributed by atoms with Crippen LogP contribution in [0.15, 0.2) is 48.7 Å². The summed E-state index contributed by atoms with van der Waals surface area (Å²) in [6.45, 7) is 7.37. The van der Waals surface area contributed by atoms with Crippen molar-refractivity contribution in [3.8, 4) is 0 Å². The Morgan fingerprint density at radius 2 is 1.78 bits per heavy atom. The van der Waals surface area contributed by atoms with Gasteiger partial charge < -0.3 is 14.4 Å². The number of aryl methyl sites for hydroxylation is 1. The third-order valence-electron chi connectivity index (χ3n) is 4.75. The molecule has 0 saturated carbocycles. The van der Waals surface area contributed by atoms with E-state index in [4.69, 9.17) is 0 Å². The van der Waals surface area contributed by atoms with E-state index in [-0.39, 0.29) is 24.4 Å². The highest BCUT2D eigenvalue weighted by atomic mass is 16.2. The van der Waals surface area contributed by atoms with Crippen LogP contribution >= 0.6 is 0 Å². The molecule has 0 aliphatic heterocycles. The quantitative estimate of drug-likeness (QED) is 0.676. The molecule has 0 fully saturated rings. The molecule has 27 heavy (non-hydrogen) atoms. The molecule has 0 saturated heterocycles. The Bertz CT molecular complexity index is 737. The minimum Gasteiger partial charge on any atom is -0.353 e. The Morgan fingerprint density at radius 3 is 2.33 bits per heavy atom. The van der Waals surface area contributed by atoms with Gasteiger partial charge in [0.25, 0.3) is 5.91 Å². The summed E-state index contributed by atoms with van der Waals surface area (Å²) in [6.07, 6.45) is 3.95. The van der Waals surface area contributed by atoms with Gasteiger partial charge in [0.2, 0.25) is 5.91 Å². The smallest absolute Gasteiger partial charge is 0.254 e. The molecule has 0 unspecified atom stereocenters. The maximum Gasteiger partial charge on any atom is 0.254 e. The van der Waals surface area contributed by atoms with Crippen LogP contribution in [0.25, 0.3) is 0 Å². The molecule has 1 aromatic carbocycles. The molecule has 0 spiro atoms. The number of benzene rings is 1. The number of nitrogens with zero attached hydrogens (tertiary/aromatic N) is 3. The zero-order valence-corrected chi connectivity index (χ0v) is 16.9. The zero-order chi connectivity index (χ0) is 19.8. The summed E-state index contributed by atoms with van der Waals surface area (Å²) in [5.41, 5.74) is 1.70. The maximum absolute atomic E-state index is 13.1. The molecule has 5 heteroatoms. The van der Waals surface area contributed by atoms with Gasteiger partial charge >= 0.3 is 0 Å². The highest BCUT2D eigenvalue weighted by Gasteiger charge is 2.24. The van der Waals surface area contributed by atoms with Gasteiger partial charge in [-0.25, -0.2) is 0 Å². The van der Waals surface area contributed by atoms with Gasteiger partial charge in [-0.05, 0) is 44.5 Å². The first kappa shape index (κ1) is 20.7. The SMILES string of the molecule is CCCCN(Cc1cccn1C)C(=O)CN(C(=O)c1ccccc1)C(C)C. The zero-order valence-electron chi connectivity index (χ0n) is 16.9. The molecule has 146 valence electrons. The van der Waals surface area contributed by atoms with Gasteiger partial charge in [-0.3, -0.25) is 9.59 Å². The van der Waals surface area contributed by atoms with Gasteiger partial charge in [-0.2, -0.15) is 0 Å². The highest BCUT2D eigenvalue weighted by Crippen LogP contribution is 2.12. The second-order valence-corrected chi connectivity index (χ2v) is 7.17. The average molecular weight is 370 g/mol. The lowest BCUT2D eigenvalue weighted by Crippen LogP contribution is -2.46. The van der Waals surface area contributed by atoms with Crippen LogP contribution < -0.4 is 0 Å². The summed E-state index contributed by atoms with van der Waals surface area (Å²) in [4.78, 5) is 29.5.